The van der Waals surface area contributed by atoms with Crippen LogP contribution in [0.5, 0.6) is 11.5 Å². The zero-order valence-electron chi connectivity index (χ0n) is 15.4. The number of hydrogen-bond acceptors (Lipinski definition) is 7. The van der Waals surface area contributed by atoms with E-state index in [1.165, 1.54) is 24.8 Å². The van der Waals surface area contributed by atoms with E-state index in [1.54, 1.807) is 7.11 Å². The predicted octanol–water partition coefficient (Wildman–Crippen LogP) is 2.25. The van der Waals surface area contributed by atoms with Crippen molar-refractivity contribution in [3.8, 4) is 11.5 Å². The van der Waals surface area contributed by atoms with E-state index >= 15 is 0 Å². The second-order valence-corrected chi connectivity index (χ2v) is 6.33. The lowest BCUT2D eigenvalue weighted by atomic mass is 10.1. The van der Waals surface area contributed by atoms with Gasteiger partial charge in [-0.2, -0.15) is 0 Å². The molecule has 1 saturated heterocycles. The Morgan fingerprint density at radius 3 is 2.69 bits per heavy atom. The smallest absolute Gasteiger partial charge is 0.294 e. The van der Waals surface area contributed by atoms with E-state index in [0.29, 0.717) is 19.7 Å². The molecule has 8 nitrogen and oxygen atoms in total. The number of methoxy groups -OCH3 is 1. The molecule has 0 aliphatic carbocycles. The lowest BCUT2D eigenvalue weighted by molar-refractivity contribution is -0.757. The minimum Gasteiger partial charge on any atom is -0.493 e. The van der Waals surface area contributed by atoms with E-state index in [-0.39, 0.29) is 6.61 Å². The summed E-state index contributed by atoms with van der Waals surface area (Å²) >= 11 is 0. The maximum atomic E-state index is 10.0. The first-order valence-corrected chi connectivity index (χ1v) is 9.19. The summed E-state index contributed by atoms with van der Waals surface area (Å²) in [7, 11) is 1.64. The predicted molar refractivity (Wildman–Crippen MR) is 98.1 cm³/mol. The molecule has 1 aromatic rings. The van der Waals surface area contributed by atoms with Crippen molar-refractivity contribution in [2.45, 2.75) is 32.2 Å². The van der Waals surface area contributed by atoms with Crippen molar-refractivity contribution < 1.29 is 19.4 Å². The van der Waals surface area contributed by atoms with Crippen LogP contribution >= 0.6 is 0 Å². The van der Waals surface area contributed by atoms with E-state index in [4.69, 9.17) is 9.47 Å². The van der Waals surface area contributed by atoms with Crippen molar-refractivity contribution >= 4 is 0 Å². The van der Waals surface area contributed by atoms with E-state index in [0.717, 1.165) is 37.6 Å². The molecule has 0 unspecified atom stereocenters. The molecule has 0 radical (unpaired) electrons. The second kappa shape index (κ2) is 11.5. The third-order valence-electron chi connectivity index (χ3n) is 4.31. The van der Waals surface area contributed by atoms with Crippen LogP contribution in [-0.4, -0.2) is 56.5 Å². The van der Waals surface area contributed by atoms with Crippen molar-refractivity contribution in [3.63, 3.8) is 0 Å². The SMILES string of the molecule is COc1ccc(CN2CCCCC2)cc1OCCCNCCO[N+](=O)[O-]. The standard InChI is InChI=1S/C18H29N3O5/c1-24-17-7-6-16(15-20-10-3-2-4-11-20)14-18(17)25-12-5-8-19-9-13-26-21(22)23/h6-7,14,19H,2-5,8-13,15H2,1H3. The van der Waals surface area contributed by atoms with Gasteiger partial charge in [-0.1, -0.05) is 12.5 Å². The first kappa shape index (κ1) is 20.3. The van der Waals surface area contributed by atoms with Gasteiger partial charge in [-0.25, -0.2) is 0 Å². The van der Waals surface area contributed by atoms with Crippen molar-refractivity contribution in [1.29, 1.82) is 0 Å². The molecule has 0 aromatic heterocycles. The van der Waals surface area contributed by atoms with Crippen LogP contribution in [0.1, 0.15) is 31.2 Å². The van der Waals surface area contributed by atoms with Gasteiger partial charge >= 0.3 is 0 Å². The summed E-state index contributed by atoms with van der Waals surface area (Å²) in [5, 5.41) is 12.3. The van der Waals surface area contributed by atoms with Crippen molar-refractivity contribution in [3.05, 3.63) is 33.9 Å². The molecule has 1 N–H and O–H groups in total. The largest absolute Gasteiger partial charge is 0.493 e. The van der Waals surface area contributed by atoms with Crippen LogP contribution in [0.2, 0.25) is 0 Å². The zero-order chi connectivity index (χ0) is 18.6. The van der Waals surface area contributed by atoms with Gasteiger partial charge in [-0.3, -0.25) is 4.90 Å². The van der Waals surface area contributed by atoms with Gasteiger partial charge in [0.15, 0.2) is 11.5 Å². The molecule has 0 bridgehead atoms. The molecule has 0 spiro atoms. The molecule has 8 heteroatoms. The third-order valence-corrected chi connectivity index (χ3v) is 4.31. The topological polar surface area (TPSA) is 86.1 Å². The number of piperidine rings is 1. The molecule has 26 heavy (non-hydrogen) atoms. The first-order valence-electron chi connectivity index (χ1n) is 9.19. The lowest BCUT2D eigenvalue weighted by Gasteiger charge is -2.26. The van der Waals surface area contributed by atoms with Crippen molar-refractivity contribution in [2.24, 2.45) is 0 Å². The van der Waals surface area contributed by atoms with Crippen LogP contribution in [-0.2, 0) is 11.4 Å². The Bertz CT molecular complexity index is 550. The number of likely N-dealkylation sites (tertiary alicyclic amines) is 1. The Hall–Kier alpha value is -2.06. The Kier molecular flexibility index (Phi) is 8.99. The Labute approximate surface area is 154 Å². The average Bonchev–Trinajstić information content (AvgIpc) is 2.64. The normalized spacial score (nSPS) is 14.8. The van der Waals surface area contributed by atoms with E-state index < -0.39 is 5.09 Å². The molecule has 1 heterocycles. The molecule has 1 aromatic carbocycles. The average molecular weight is 367 g/mol. The molecule has 0 amide bonds. The number of benzene rings is 1. The number of nitrogens with zero attached hydrogens (tertiary/aromatic N) is 2. The zero-order valence-corrected chi connectivity index (χ0v) is 15.4. The van der Waals surface area contributed by atoms with Gasteiger partial charge in [-0.15, -0.1) is 10.1 Å². The molecular formula is C18H29N3O5. The van der Waals surface area contributed by atoms with E-state index in [2.05, 4.69) is 27.2 Å². The second-order valence-electron chi connectivity index (χ2n) is 6.33. The quantitative estimate of drug-likeness (QED) is 0.344. The van der Waals surface area contributed by atoms with Crippen LogP contribution in [0.4, 0.5) is 0 Å². The number of rotatable bonds is 12. The van der Waals surface area contributed by atoms with Crippen LogP contribution in [0.25, 0.3) is 0 Å². The Morgan fingerprint density at radius 1 is 1.15 bits per heavy atom. The van der Waals surface area contributed by atoms with E-state index in [1.807, 2.05) is 6.07 Å². The summed E-state index contributed by atoms with van der Waals surface area (Å²) in [5.74, 6) is 1.50. The van der Waals surface area contributed by atoms with Crippen LogP contribution in [0.15, 0.2) is 18.2 Å². The molecule has 2 rings (SSSR count). The van der Waals surface area contributed by atoms with E-state index in [9.17, 15) is 10.1 Å². The van der Waals surface area contributed by atoms with Crippen LogP contribution in [0, 0.1) is 10.1 Å². The van der Waals surface area contributed by atoms with Crippen LogP contribution < -0.4 is 14.8 Å². The summed E-state index contributed by atoms with van der Waals surface area (Å²) in [4.78, 5) is 16.7. The van der Waals surface area contributed by atoms with Gasteiger partial charge in [0, 0.05) is 13.1 Å². The number of ether oxygens (including phenoxy) is 2. The summed E-state index contributed by atoms with van der Waals surface area (Å²) in [6.45, 7) is 5.01. The number of nitrogens with one attached hydrogen (secondary N) is 1. The highest BCUT2D eigenvalue weighted by molar-refractivity contribution is 5.43. The summed E-state index contributed by atoms with van der Waals surface area (Å²) in [5.41, 5.74) is 1.23. The highest BCUT2D eigenvalue weighted by Gasteiger charge is 2.12. The van der Waals surface area contributed by atoms with Crippen molar-refractivity contribution in [1.82, 2.24) is 10.2 Å². The Morgan fingerprint density at radius 2 is 1.96 bits per heavy atom. The maximum absolute atomic E-state index is 10.0. The minimum atomic E-state index is -0.784. The van der Waals surface area contributed by atoms with Gasteiger partial charge in [0.2, 0.25) is 0 Å². The molecule has 0 saturated carbocycles. The third kappa shape index (κ3) is 7.45. The van der Waals surface area contributed by atoms with Gasteiger partial charge in [0.25, 0.3) is 5.09 Å². The molecule has 1 aliphatic rings. The molecular weight excluding hydrogens is 338 g/mol. The van der Waals surface area contributed by atoms with Gasteiger partial charge in [0.1, 0.15) is 6.61 Å². The fourth-order valence-electron chi connectivity index (χ4n) is 3.00. The maximum Gasteiger partial charge on any atom is 0.294 e. The Balaban J connectivity index is 1.72. The molecule has 146 valence electrons. The molecule has 1 aliphatic heterocycles. The lowest BCUT2D eigenvalue weighted by Crippen LogP contribution is -2.29. The summed E-state index contributed by atoms with van der Waals surface area (Å²) in [6, 6.07) is 6.12. The van der Waals surface area contributed by atoms with Crippen LogP contribution in [0.3, 0.4) is 0 Å². The van der Waals surface area contributed by atoms with Crippen molar-refractivity contribution in [2.75, 3.05) is 46.5 Å². The minimum absolute atomic E-state index is 0.0558. The molecule has 0 atom stereocenters. The fraction of sp³-hybridized carbons (Fsp3) is 0.667. The van der Waals surface area contributed by atoms with Gasteiger partial charge in [0.05, 0.1) is 13.7 Å². The van der Waals surface area contributed by atoms with Gasteiger partial charge < -0.3 is 19.6 Å². The fourth-order valence-corrected chi connectivity index (χ4v) is 3.00. The van der Waals surface area contributed by atoms with Gasteiger partial charge in [-0.05, 0) is 56.6 Å². The first-order chi connectivity index (χ1) is 12.7. The summed E-state index contributed by atoms with van der Waals surface area (Å²) < 4.78 is 11.3. The number of hydrogen-bond donors (Lipinski definition) is 1. The monoisotopic (exact) mass is 367 g/mol. The summed E-state index contributed by atoms with van der Waals surface area (Å²) in [6.07, 6.45) is 4.68. The highest BCUT2D eigenvalue weighted by Crippen LogP contribution is 2.29. The molecule has 1 fully saturated rings. The highest BCUT2D eigenvalue weighted by atomic mass is 16.9.